The quantitative estimate of drug-likeness (QED) is 0.555. The van der Waals surface area contributed by atoms with E-state index in [4.69, 9.17) is 11.6 Å². The molecule has 0 nitrogen and oxygen atoms in total. The largest absolute Gasteiger partial charge is 0.195 e. The van der Waals surface area contributed by atoms with Crippen LogP contribution in [0.1, 0.15) is 5.56 Å². The minimum absolute atomic E-state index is 0.137. The van der Waals surface area contributed by atoms with Crippen LogP contribution in [0.15, 0.2) is 23.1 Å². The maximum atomic E-state index is 13.0. The molecule has 0 radical (unpaired) electrons. The van der Waals surface area contributed by atoms with Crippen molar-refractivity contribution >= 4 is 44.8 Å². The maximum absolute atomic E-state index is 13.0. The topological polar surface area (TPSA) is 0 Å². The number of halogens is 2. The summed E-state index contributed by atoms with van der Waals surface area (Å²) < 4.78 is 14.0. The van der Waals surface area contributed by atoms with Gasteiger partial charge in [0.15, 0.2) is 5.13 Å². The van der Waals surface area contributed by atoms with Crippen LogP contribution < -0.4 is 0 Å². The van der Waals surface area contributed by atoms with Gasteiger partial charge in [-0.15, -0.1) is 34.7 Å². The van der Waals surface area contributed by atoms with Gasteiger partial charge in [0.25, 0.3) is 0 Å². The average Bonchev–Trinajstić information content (AvgIpc) is 2.56. The summed E-state index contributed by atoms with van der Waals surface area (Å²) in [7, 11) is 0. The number of thiophene rings is 1. The summed E-state index contributed by atoms with van der Waals surface area (Å²) in [6, 6.07) is 5.56. The standard InChI is InChI=1S/C10H8ClFS2/c1-13-8-2-6(5-11)3-9-7(8)4-10(12)14-9/h2-4H,5H2,1H3. The van der Waals surface area contributed by atoms with Gasteiger partial charge in [-0.3, -0.25) is 0 Å². The third kappa shape index (κ3) is 1.76. The highest BCUT2D eigenvalue weighted by Crippen LogP contribution is 2.33. The molecule has 0 aliphatic carbocycles. The summed E-state index contributed by atoms with van der Waals surface area (Å²) in [5.41, 5.74) is 1.05. The molecule has 0 aliphatic rings. The monoisotopic (exact) mass is 246 g/mol. The van der Waals surface area contributed by atoms with Crippen molar-refractivity contribution in [3.8, 4) is 0 Å². The number of benzene rings is 1. The Bertz CT molecular complexity index is 464. The molecule has 0 fully saturated rings. The lowest BCUT2D eigenvalue weighted by Crippen LogP contribution is -1.79. The molecular weight excluding hydrogens is 239 g/mol. The summed E-state index contributed by atoms with van der Waals surface area (Å²) in [5.74, 6) is 0.475. The molecule has 1 aromatic carbocycles. The zero-order valence-corrected chi connectivity index (χ0v) is 9.90. The van der Waals surface area contributed by atoms with E-state index in [1.54, 1.807) is 17.8 Å². The van der Waals surface area contributed by atoms with Gasteiger partial charge in [-0.1, -0.05) is 0 Å². The molecule has 1 aromatic heterocycles. The number of hydrogen-bond acceptors (Lipinski definition) is 2. The fourth-order valence-electron chi connectivity index (χ4n) is 1.38. The first-order valence-corrected chi connectivity index (χ1v) is 6.64. The van der Waals surface area contributed by atoms with Gasteiger partial charge in [-0.25, -0.2) is 0 Å². The predicted octanol–water partition coefficient (Wildman–Crippen LogP) is 4.50. The molecule has 0 N–H and O–H groups in total. The second kappa shape index (κ2) is 4.09. The fraction of sp³-hybridized carbons (Fsp3) is 0.200. The number of rotatable bonds is 2. The van der Waals surface area contributed by atoms with Gasteiger partial charge in [-0.2, -0.15) is 4.39 Å². The first-order valence-electron chi connectivity index (χ1n) is 4.06. The maximum Gasteiger partial charge on any atom is 0.177 e. The second-order valence-electron chi connectivity index (χ2n) is 2.89. The van der Waals surface area contributed by atoms with Gasteiger partial charge in [0, 0.05) is 20.9 Å². The fourth-order valence-corrected chi connectivity index (χ4v) is 3.13. The number of hydrogen-bond donors (Lipinski definition) is 0. The molecule has 0 bridgehead atoms. The smallest absolute Gasteiger partial charge is 0.177 e. The van der Waals surface area contributed by atoms with Crippen LogP contribution >= 0.6 is 34.7 Å². The predicted molar refractivity (Wildman–Crippen MR) is 63.1 cm³/mol. The molecule has 0 unspecified atom stereocenters. The van der Waals surface area contributed by atoms with Crippen LogP contribution in [0.3, 0.4) is 0 Å². The van der Waals surface area contributed by atoms with Crippen LogP contribution in [0.25, 0.3) is 10.1 Å². The lowest BCUT2D eigenvalue weighted by molar-refractivity contribution is 0.658. The molecule has 0 spiro atoms. The minimum atomic E-state index is -0.137. The Morgan fingerprint density at radius 2 is 2.21 bits per heavy atom. The van der Waals surface area contributed by atoms with Crippen molar-refractivity contribution in [1.82, 2.24) is 0 Å². The molecule has 1 heterocycles. The van der Waals surface area contributed by atoms with E-state index in [0.29, 0.717) is 5.88 Å². The molecule has 74 valence electrons. The average molecular weight is 247 g/mol. The normalized spacial score (nSPS) is 11.1. The van der Waals surface area contributed by atoms with E-state index in [0.717, 1.165) is 20.5 Å². The van der Waals surface area contributed by atoms with Gasteiger partial charge in [-0.05, 0) is 30.0 Å². The summed E-state index contributed by atoms with van der Waals surface area (Å²) in [5, 5.41) is 0.857. The Kier molecular flexibility index (Phi) is 3.00. The lowest BCUT2D eigenvalue weighted by atomic mass is 10.2. The summed E-state index contributed by atoms with van der Waals surface area (Å²) in [4.78, 5) is 1.10. The van der Waals surface area contributed by atoms with Crippen LogP contribution in [0.2, 0.25) is 0 Å². The molecule has 0 saturated carbocycles. The third-order valence-corrected chi connectivity index (χ3v) is 3.96. The van der Waals surface area contributed by atoms with Crippen molar-refractivity contribution in [2.45, 2.75) is 10.8 Å². The van der Waals surface area contributed by atoms with Crippen molar-refractivity contribution in [1.29, 1.82) is 0 Å². The van der Waals surface area contributed by atoms with Gasteiger partial charge >= 0.3 is 0 Å². The van der Waals surface area contributed by atoms with E-state index in [-0.39, 0.29) is 5.13 Å². The van der Waals surface area contributed by atoms with Gasteiger partial charge in [0.2, 0.25) is 0 Å². The van der Waals surface area contributed by atoms with Gasteiger partial charge in [0.05, 0.1) is 0 Å². The van der Waals surface area contributed by atoms with Crippen molar-refractivity contribution in [3.05, 3.63) is 28.9 Å². The van der Waals surface area contributed by atoms with E-state index in [2.05, 4.69) is 0 Å². The Morgan fingerprint density at radius 3 is 2.86 bits per heavy atom. The highest BCUT2D eigenvalue weighted by Gasteiger charge is 2.07. The summed E-state index contributed by atoms with van der Waals surface area (Å²) >= 11 is 8.56. The molecular formula is C10H8ClFS2. The van der Waals surface area contributed by atoms with Crippen molar-refractivity contribution in [3.63, 3.8) is 0 Å². The number of alkyl halides is 1. The van der Waals surface area contributed by atoms with E-state index < -0.39 is 0 Å². The lowest BCUT2D eigenvalue weighted by Gasteiger charge is -2.01. The van der Waals surface area contributed by atoms with E-state index in [1.807, 2.05) is 18.4 Å². The summed E-state index contributed by atoms with van der Waals surface area (Å²) in [6.07, 6.45) is 1.99. The Morgan fingerprint density at radius 1 is 1.43 bits per heavy atom. The van der Waals surface area contributed by atoms with Crippen molar-refractivity contribution < 1.29 is 4.39 Å². The first kappa shape index (κ1) is 10.3. The summed E-state index contributed by atoms with van der Waals surface area (Å²) in [6.45, 7) is 0. The number of thioether (sulfide) groups is 1. The van der Waals surface area contributed by atoms with Crippen LogP contribution in [-0.4, -0.2) is 6.26 Å². The molecule has 2 rings (SSSR count). The highest BCUT2D eigenvalue weighted by atomic mass is 35.5. The van der Waals surface area contributed by atoms with E-state index >= 15 is 0 Å². The molecule has 0 saturated heterocycles. The van der Waals surface area contributed by atoms with Crippen LogP contribution in [-0.2, 0) is 5.88 Å². The van der Waals surface area contributed by atoms with Crippen molar-refractivity contribution in [2.24, 2.45) is 0 Å². The third-order valence-electron chi connectivity index (χ3n) is 2.00. The second-order valence-corrected chi connectivity index (χ2v) is 5.04. The highest BCUT2D eigenvalue weighted by molar-refractivity contribution is 7.98. The zero-order chi connectivity index (χ0) is 10.1. The Balaban J connectivity index is 2.72. The van der Waals surface area contributed by atoms with E-state index in [1.165, 1.54) is 11.3 Å². The molecule has 0 atom stereocenters. The first-order chi connectivity index (χ1) is 6.74. The van der Waals surface area contributed by atoms with Gasteiger partial charge < -0.3 is 0 Å². The Hall–Kier alpha value is -0.250. The molecule has 2 aromatic rings. The zero-order valence-electron chi connectivity index (χ0n) is 7.51. The molecule has 14 heavy (non-hydrogen) atoms. The van der Waals surface area contributed by atoms with E-state index in [9.17, 15) is 4.39 Å². The van der Waals surface area contributed by atoms with Crippen LogP contribution in [0.4, 0.5) is 4.39 Å². The number of fused-ring (bicyclic) bond motifs is 1. The SMILES string of the molecule is CSc1cc(CCl)cc2sc(F)cc12. The Labute approximate surface area is 95.1 Å². The van der Waals surface area contributed by atoms with Crippen LogP contribution in [0, 0.1) is 5.13 Å². The van der Waals surface area contributed by atoms with Crippen LogP contribution in [0.5, 0.6) is 0 Å². The molecule has 4 heteroatoms. The van der Waals surface area contributed by atoms with Crippen molar-refractivity contribution in [2.75, 3.05) is 6.26 Å². The molecule has 0 aliphatic heterocycles. The minimum Gasteiger partial charge on any atom is -0.195 e. The van der Waals surface area contributed by atoms with Gasteiger partial charge in [0.1, 0.15) is 0 Å². The molecule has 0 amide bonds.